The summed E-state index contributed by atoms with van der Waals surface area (Å²) in [6, 6.07) is 1.95. The van der Waals surface area contributed by atoms with E-state index in [2.05, 4.69) is 25.7 Å². The van der Waals surface area contributed by atoms with Crippen molar-refractivity contribution in [2.75, 3.05) is 6.61 Å². The molecule has 1 aromatic carbocycles. The van der Waals surface area contributed by atoms with Crippen LogP contribution < -0.4 is 10.6 Å². The Kier molecular flexibility index (Phi) is 7.11. The van der Waals surface area contributed by atoms with Crippen molar-refractivity contribution >= 4 is 11.9 Å². The highest BCUT2D eigenvalue weighted by Crippen LogP contribution is 2.30. The van der Waals surface area contributed by atoms with E-state index >= 15 is 0 Å². The van der Waals surface area contributed by atoms with Crippen LogP contribution in [0.5, 0.6) is 0 Å². The first kappa shape index (κ1) is 25.4. The summed E-state index contributed by atoms with van der Waals surface area (Å²) >= 11 is 0. The Morgan fingerprint density at radius 2 is 1.94 bits per heavy atom. The number of hydrogen-bond acceptors (Lipinski definition) is 6. The molecule has 0 spiro atoms. The molecule has 36 heavy (non-hydrogen) atoms. The van der Waals surface area contributed by atoms with E-state index in [1.54, 1.807) is 12.4 Å². The van der Waals surface area contributed by atoms with Crippen molar-refractivity contribution in [2.45, 2.75) is 53.3 Å². The minimum absolute atomic E-state index is 0.156. The summed E-state index contributed by atoms with van der Waals surface area (Å²) in [5, 5.41) is 10.0. The maximum atomic E-state index is 13.9. The minimum Gasteiger partial charge on any atom is -0.376 e. The highest BCUT2D eigenvalue weighted by atomic mass is 19.2. The zero-order chi connectivity index (χ0) is 26.0. The normalized spacial score (nSPS) is 14.2. The Labute approximate surface area is 207 Å². The van der Waals surface area contributed by atoms with Crippen molar-refractivity contribution in [3.8, 4) is 11.3 Å². The molecule has 0 radical (unpaired) electrons. The predicted octanol–water partition coefficient (Wildman–Crippen LogP) is 3.29. The van der Waals surface area contributed by atoms with E-state index in [1.165, 1.54) is 10.7 Å². The van der Waals surface area contributed by atoms with Crippen LogP contribution in [0.25, 0.3) is 11.3 Å². The van der Waals surface area contributed by atoms with Crippen molar-refractivity contribution in [1.82, 2.24) is 30.4 Å². The molecule has 2 N–H and O–H groups in total. The van der Waals surface area contributed by atoms with Gasteiger partial charge in [0, 0.05) is 23.7 Å². The van der Waals surface area contributed by atoms with E-state index in [-0.39, 0.29) is 19.1 Å². The zero-order valence-electron chi connectivity index (χ0n) is 20.6. The van der Waals surface area contributed by atoms with Crippen LogP contribution in [0.4, 0.5) is 13.6 Å². The molecule has 11 heteroatoms. The van der Waals surface area contributed by atoms with Gasteiger partial charge >= 0.3 is 6.03 Å². The molecular formula is C25H28F2N6O3. The first-order valence-corrected chi connectivity index (χ1v) is 11.5. The van der Waals surface area contributed by atoms with E-state index in [4.69, 9.17) is 4.74 Å². The van der Waals surface area contributed by atoms with E-state index in [0.717, 1.165) is 17.8 Å². The van der Waals surface area contributed by atoms with Crippen LogP contribution in [0, 0.1) is 24.0 Å². The molecular weight excluding hydrogens is 470 g/mol. The minimum atomic E-state index is -1.01. The highest BCUT2D eigenvalue weighted by Gasteiger charge is 2.35. The lowest BCUT2D eigenvalue weighted by Crippen LogP contribution is -2.54. The van der Waals surface area contributed by atoms with Crippen LogP contribution in [-0.2, 0) is 29.1 Å². The number of halogens is 2. The van der Waals surface area contributed by atoms with Crippen LogP contribution >= 0.6 is 0 Å². The standard InChI is InChI=1S/C25H28F2N6O3/c1-14-10-29-16(11-28-14)12-30-23(34)22(25(2,3)4)31-24(35)33-20-7-8-36-13-17(20)21(32-33)15-5-6-18(26)19(27)9-15/h5-6,9-11,22H,7-8,12-13H2,1-4H3,(H,30,34)(H,31,35)/t22-/m1/s1. The molecule has 1 aliphatic rings. The van der Waals surface area contributed by atoms with Gasteiger partial charge in [0.1, 0.15) is 6.04 Å². The van der Waals surface area contributed by atoms with E-state index < -0.39 is 29.1 Å². The number of fused-ring (bicyclic) bond motifs is 1. The Balaban J connectivity index is 1.58. The molecule has 3 aromatic rings. The van der Waals surface area contributed by atoms with Crippen molar-refractivity contribution in [3.63, 3.8) is 0 Å². The van der Waals surface area contributed by atoms with Gasteiger partial charge in [-0.3, -0.25) is 14.8 Å². The Morgan fingerprint density at radius 1 is 1.17 bits per heavy atom. The molecule has 3 heterocycles. The summed E-state index contributed by atoms with van der Waals surface area (Å²) in [6.45, 7) is 8.04. The van der Waals surface area contributed by atoms with Crippen LogP contribution in [0.2, 0.25) is 0 Å². The van der Waals surface area contributed by atoms with Gasteiger partial charge in [-0.25, -0.2) is 13.6 Å². The zero-order valence-corrected chi connectivity index (χ0v) is 20.6. The topological polar surface area (TPSA) is 111 Å². The molecule has 190 valence electrons. The number of amides is 2. The molecule has 0 saturated heterocycles. The average Bonchev–Trinajstić information content (AvgIpc) is 3.23. The monoisotopic (exact) mass is 498 g/mol. The third-order valence-electron chi connectivity index (χ3n) is 5.88. The van der Waals surface area contributed by atoms with Gasteiger partial charge in [0.15, 0.2) is 11.6 Å². The third-order valence-corrected chi connectivity index (χ3v) is 5.88. The maximum Gasteiger partial charge on any atom is 0.343 e. The van der Waals surface area contributed by atoms with Gasteiger partial charge in [0.25, 0.3) is 0 Å². The molecule has 0 aliphatic carbocycles. The quantitative estimate of drug-likeness (QED) is 0.559. The molecule has 2 aromatic heterocycles. The molecule has 1 aliphatic heterocycles. The number of rotatable bonds is 5. The van der Waals surface area contributed by atoms with Gasteiger partial charge in [0.05, 0.1) is 48.7 Å². The first-order valence-electron chi connectivity index (χ1n) is 11.5. The number of aromatic nitrogens is 4. The molecule has 9 nitrogen and oxygen atoms in total. The molecule has 1 atom stereocenters. The number of ether oxygens (including phenoxy) is 1. The smallest absolute Gasteiger partial charge is 0.343 e. The number of nitrogens with one attached hydrogen (secondary N) is 2. The fourth-order valence-corrected chi connectivity index (χ4v) is 3.93. The summed E-state index contributed by atoms with van der Waals surface area (Å²) in [7, 11) is 0. The SMILES string of the molecule is Cc1cnc(CNC(=O)[C@@H](NC(=O)n2nc(-c3ccc(F)c(F)c3)c3c2CCOC3)C(C)(C)C)cn1. The van der Waals surface area contributed by atoms with Crippen LogP contribution in [0.3, 0.4) is 0 Å². The van der Waals surface area contributed by atoms with Gasteiger partial charge in [-0.05, 0) is 30.5 Å². The molecule has 0 unspecified atom stereocenters. The van der Waals surface area contributed by atoms with Gasteiger partial charge in [-0.15, -0.1) is 0 Å². The summed E-state index contributed by atoms with van der Waals surface area (Å²) in [5.41, 5.74) is 2.60. The fraction of sp³-hybridized carbons (Fsp3) is 0.400. The van der Waals surface area contributed by atoms with Crippen molar-refractivity contribution in [1.29, 1.82) is 0 Å². The van der Waals surface area contributed by atoms with Crippen molar-refractivity contribution in [3.05, 3.63) is 64.9 Å². The van der Waals surface area contributed by atoms with E-state index in [0.29, 0.717) is 41.2 Å². The highest BCUT2D eigenvalue weighted by molar-refractivity contribution is 5.89. The van der Waals surface area contributed by atoms with Gasteiger partial charge < -0.3 is 15.4 Å². The second kappa shape index (κ2) is 10.1. The number of hydrogen-bond donors (Lipinski definition) is 2. The van der Waals surface area contributed by atoms with Crippen molar-refractivity contribution in [2.24, 2.45) is 5.41 Å². The number of carbonyl (C=O) groups excluding carboxylic acids is 2. The predicted molar refractivity (Wildman–Crippen MR) is 127 cm³/mol. The molecule has 0 saturated carbocycles. The maximum absolute atomic E-state index is 13.9. The van der Waals surface area contributed by atoms with Gasteiger partial charge in [0.2, 0.25) is 5.91 Å². The lowest BCUT2D eigenvalue weighted by Gasteiger charge is -2.30. The third kappa shape index (κ3) is 5.40. The second-order valence-corrected chi connectivity index (χ2v) is 9.73. The number of benzene rings is 1. The average molecular weight is 499 g/mol. The Hall–Kier alpha value is -3.73. The Morgan fingerprint density at radius 3 is 2.61 bits per heavy atom. The number of carbonyl (C=O) groups is 2. The van der Waals surface area contributed by atoms with Crippen LogP contribution in [0.15, 0.2) is 30.6 Å². The summed E-state index contributed by atoms with van der Waals surface area (Å²) < 4.78 is 34.1. The molecule has 0 fully saturated rings. The number of nitrogens with zero attached hydrogens (tertiary/aromatic N) is 4. The summed E-state index contributed by atoms with van der Waals surface area (Å²) in [5.74, 6) is -2.38. The lowest BCUT2D eigenvalue weighted by atomic mass is 9.86. The van der Waals surface area contributed by atoms with Crippen LogP contribution in [-0.4, -0.2) is 44.3 Å². The first-order chi connectivity index (χ1) is 17.0. The van der Waals surface area contributed by atoms with E-state index in [9.17, 15) is 18.4 Å². The summed E-state index contributed by atoms with van der Waals surface area (Å²) in [4.78, 5) is 34.8. The van der Waals surface area contributed by atoms with Crippen molar-refractivity contribution < 1.29 is 23.1 Å². The Bertz CT molecular complexity index is 1280. The molecule has 0 bridgehead atoms. The van der Waals surface area contributed by atoms with Crippen LogP contribution in [0.1, 0.15) is 43.4 Å². The van der Waals surface area contributed by atoms with Gasteiger partial charge in [-0.1, -0.05) is 20.8 Å². The summed E-state index contributed by atoms with van der Waals surface area (Å²) in [6.07, 6.45) is 3.59. The largest absolute Gasteiger partial charge is 0.376 e. The lowest BCUT2D eigenvalue weighted by molar-refractivity contribution is -0.125. The second-order valence-electron chi connectivity index (χ2n) is 9.73. The molecule has 2 amide bonds. The number of aryl methyl sites for hydroxylation is 1. The molecule has 4 rings (SSSR count). The van der Waals surface area contributed by atoms with Gasteiger partial charge in [-0.2, -0.15) is 9.78 Å². The van der Waals surface area contributed by atoms with E-state index in [1.807, 2.05) is 27.7 Å². The fourth-order valence-electron chi connectivity index (χ4n) is 3.93.